The third kappa shape index (κ3) is 53.2. The fourth-order valence-corrected chi connectivity index (χ4v) is 7.42. The topological polar surface area (TPSA) is 78.9 Å². The number of allylic oxidation sites excluding steroid dienone is 16. The molecule has 0 aliphatic heterocycles. The molecule has 0 aliphatic carbocycles. The van der Waals surface area contributed by atoms with Crippen LogP contribution >= 0.6 is 0 Å². The van der Waals surface area contributed by atoms with Crippen LogP contribution in [0, 0.1) is 0 Å². The second-order valence-corrected chi connectivity index (χ2v) is 18.1. The Labute approximate surface area is 413 Å². The van der Waals surface area contributed by atoms with Crippen molar-refractivity contribution in [2.75, 3.05) is 13.2 Å². The van der Waals surface area contributed by atoms with Gasteiger partial charge in [0.15, 0.2) is 6.10 Å². The van der Waals surface area contributed by atoms with Gasteiger partial charge in [-0.25, -0.2) is 0 Å². The van der Waals surface area contributed by atoms with Crippen LogP contribution in [0.4, 0.5) is 0 Å². The van der Waals surface area contributed by atoms with Crippen LogP contribution < -0.4 is 0 Å². The lowest BCUT2D eigenvalue weighted by atomic mass is 10.1. The van der Waals surface area contributed by atoms with Crippen LogP contribution in [-0.4, -0.2) is 37.2 Å². The van der Waals surface area contributed by atoms with Gasteiger partial charge in [-0.1, -0.05) is 234 Å². The number of hydrogen-bond donors (Lipinski definition) is 0. The second kappa shape index (κ2) is 54.9. The molecule has 0 aliphatic rings. The maximum absolute atomic E-state index is 12.7. The highest BCUT2D eigenvalue weighted by atomic mass is 16.6. The van der Waals surface area contributed by atoms with Crippen molar-refractivity contribution in [2.24, 2.45) is 0 Å². The highest BCUT2D eigenvalue weighted by Gasteiger charge is 2.19. The summed E-state index contributed by atoms with van der Waals surface area (Å²) in [5.41, 5.74) is 0. The van der Waals surface area contributed by atoms with E-state index in [1.807, 2.05) is 0 Å². The molecule has 6 heteroatoms. The fourth-order valence-electron chi connectivity index (χ4n) is 7.42. The third-order valence-electron chi connectivity index (χ3n) is 11.6. The van der Waals surface area contributed by atoms with Gasteiger partial charge in [0.1, 0.15) is 13.2 Å². The quantitative estimate of drug-likeness (QED) is 0.0262. The molecule has 0 fully saturated rings. The zero-order valence-corrected chi connectivity index (χ0v) is 43.6. The summed E-state index contributed by atoms with van der Waals surface area (Å²) < 4.78 is 16.7. The molecule has 0 saturated heterocycles. The Morgan fingerprint density at radius 3 is 0.970 bits per heavy atom. The van der Waals surface area contributed by atoms with Crippen LogP contribution in [-0.2, 0) is 28.6 Å². The average molecular weight is 931 g/mol. The highest BCUT2D eigenvalue weighted by molar-refractivity contribution is 5.71. The Kier molecular flexibility index (Phi) is 51.9. The number of esters is 3. The first-order chi connectivity index (χ1) is 33.0. The molecule has 0 aromatic rings. The van der Waals surface area contributed by atoms with Crippen molar-refractivity contribution in [1.82, 2.24) is 0 Å². The van der Waals surface area contributed by atoms with Crippen LogP contribution in [0.25, 0.3) is 0 Å². The van der Waals surface area contributed by atoms with Gasteiger partial charge in [-0.05, 0) is 96.3 Å². The van der Waals surface area contributed by atoms with Gasteiger partial charge >= 0.3 is 17.9 Å². The summed E-state index contributed by atoms with van der Waals surface area (Å²) in [6.45, 7) is 6.40. The number of carbonyl (C=O) groups excluding carboxylic acids is 3. The van der Waals surface area contributed by atoms with E-state index in [4.69, 9.17) is 14.2 Å². The van der Waals surface area contributed by atoms with Gasteiger partial charge in [0.25, 0.3) is 0 Å². The van der Waals surface area contributed by atoms with E-state index in [1.54, 1.807) is 0 Å². The standard InChI is InChI=1S/C61H102O6/c1-4-7-10-13-16-18-20-22-23-24-25-26-27-28-29-30-31-32-33-34-35-36-37-39-40-42-45-48-51-54-60(63)66-57-58(56-65-59(62)53-50-47-44-15-12-9-6-3)67-61(64)55-52-49-46-43-41-38-21-19-17-14-11-8-5-2/h7,10-11,14,16,18-19,21-23,25-26,28-29,31-32,58H,4-6,8-9,12-13,15,17,20,24,27,30,33-57H2,1-3H3/b10-7-,14-11-,18-16-,21-19-,23-22-,26-25-,29-28-,32-31-. The van der Waals surface area contributed by atoms with Gasteiger partial charge in [0.05, 0.1) is 0 Å². The summed E-state index contributed by atoms with van der Waals surface area (Å²) in [7, 11) is 0. The summed E-state index contributed by atoms with van der Waals surface area (Å²) >= 11 is 0. The van der Waals surface area contributed by atoms with Crippen LogP contribution in [0.15, 0.2) is 97.2 Å². The summed E-state index contributed by atoms with van der Waals surface area (Å²) in [4.78, 5) is 37.8. The van der Waals surface area contributed by atoms with Gasteiger partial charge in [-0.3, -0.25) is 14.4 Å². The lowest BCUT2D eigenvalue weighted by Gasteiger charge is -2.18. The fraction of sp³-hybridized carbons (Fsp3) is 0.689. The first-order valence-electron chi connectivity index (χ1n) is 27.7. The van der Waals surface area contributed by atoms with E-state index in [0.29, 0.717) is 19.3 Å². The lowest BCUT2D eigenvalue weighted by molar-refractivity contribution is -0.167. The van der Waals surface area contributed by atoms with Crippen molar-refractivity contribution in [3.63, 3.8) is 0 Å². The molecule has 0 rings (SSSR count). The molecule has 0 bridgehead atoms. The Hall–Kier alpha value is -3.67. The molecule has 0 aromatic carbocycles. The van der Waals surface area contributed by atoms with Crippen molar-refractivity contribution in [3.8, 4) is 0 Å². The first kappa shape index (κ1) is 63.3. The monoisotopic (exact) mass is 931 g/mol. The molecule has 67 heavy (non-hydrogen) atoms. The minimum atomic E-state index is -0.783. The number of unbranched alkanes of at least 4 members (excludes halogenated alkanes) is 22. The molecule has 1 unspecified atom stereocenters. The van der Waals surface area contributed by atoms with E-state index in [0.717, 1.165) is 128 Å². The minimum Gasteiger partial charge on any atom is -0.462 e. The third-order valence-corrected chi connectivity index (χ3v) is 11.6. The maximum Gasteiger partial charge on any atom is 0.306 e. The van der Waals surface area contributed by atoms with Crippen molar-refractivity contribution in [1.29, 1.82) is 0 Å². The van der Waals surface area contributed by atoms with Crippen LogP contribution in [0.2, 0.25) is 0 Å². The average Bonchev–Trinajstić information content (AvgIpc) is 3.33. The van der Waals surface area contributed by atoms with Crippen molar-refractivity contribution in [2.45, 2.75) is 258 Å². The molecule has 0 N–H and O–H groups in total. The maximum atomic E-state index is 12.7. The zero-order valence-electron chi connectivity index (χ0n) is 43.6. The van der Waals surface area contributed by atoms with Crippen LogP contribution in [0.3, 0.4) is 0 Å². The van der Waals surface area contributed by atoms with E-state index in [1.165, 1.54) is 83.5 Å². The van der Waals surface area contributed by atoms with Crippen LogP contribution in [0.5, 0.6) is 0 Å². The predicted octanol–water partition coefficient (Wildman–Crippen LogP) is 18.5. The van der Waals surface area contributed by atoms with Crippen LogP contribution in [0.1, 0.15) is 252 Å². The van der Waals surface area contributed by atoms with Gasteiger partial charge in [-0.15, -0.1) is 0 Å². The first-order valence-corrected chi connectivity index (χ1v) is 27.7. The molecule has 0 heterocycles. The Balaban J connectivity index is 4.14. The molecule has 382 valence electrons. The molecule has 0 radical (unpaired) electrons. The van der Waals surface area contributed by atoms with E-state index in [2.05, 4.69) is 118 Å². The number of rotatable bonds is 49. The normalized spacial score (nSPS) is 12.8. The SMILES string of the molecule is CC/C=C\C/C=C\C/C=C\C/C=C\C/C=C\C/C=C\CCCCCCCCCCCCC(=O)OCC(COC(=O)CCCCCCCCC)OC(=O)CCCCCCC/C=C\C/C=C\CCC. The Morgan fingerprint density at radius 1 is 0.313 bits per heavy atom. The molecule has 0 aromatic heterocycles. The minimum absolute atomic E-state index is 0.0836. The van der Waals surface area contributed by atoms with E-state index >= 15 is 0 Å². The van der Waals surface area contributed by atoms with E-state index in [-0.39, 0.29) is 31.1 Å². The van der Waals surface area contributed by atoms with Gasteiger partial charge in [0, 0.05) is 19.3 Å². The molecule has 0 spiro atoms. The molecule has 1 atom stereocenters. The van der Waals surface area contributed by atoms with Gasteiger partial charge < -0.3 is 14.2 Å². The van der Waals surface area contributed by atoms with Crippen molar-refractivity contribution >= 4 is 17.9 Å². The highest BCUT2D eigenvalue weighted by Crippen LogP contribution is 2.15. The Morgan fingerprint density at radius 2 is 0.612 bits per heavy atom. The summed E-state index contributed by atoms with van der Waals surface area (Å²) in [5, 5.41) is 0. The zero-order chi connectivity index (χ0) is 48.6. The molecule has 0 saturated carbocycles. The molecule has 0 amide bonds. The number of carbonyl (C=O) groups is 3. The summed E-state index contributed by atoms with van der Waals surface area (Å²) in [6, 6.07) is 0. The van der Waals surface area contributed by atoms with E-state index in [9.17, 15) is 14.4 Å². The summed E-state index contributed by atoms with van der Waals surface area (Å²) in [5.74, 6) is -0.910. The lowest BCUT2D eigenvalue weighted by Crippen LogP contribution is -2.30. The largest absolute Gasteiger partial charge is 0.462 e. The predicted molar refractivity (Wildman–Crippen MR) is 288 cm³/mol. The second-order valence-electron chi connectivity index (χ2n) is 18.1. The van der Waals surface area contributed by atoms with Gasteiger partial charge in [-0.2, -0.15) is 0 Å². The smallest absolute Gasteiger partial charge is 0.306 e. The van der Waals surface area contributed by atoms with Crippen molar-refractivity contribution < 1.29 is 28.6 Å². The Bertz CT molecular complexity index is 1350. The molecule has 6 nitrogen and oxygen atoms in total. The number of hydrogen-bond acceptors (Lipinski definition) is 6. The van der Waals surface area contributed by atoms with Crippen molar-refractivity contribution in [3.05, 3.63) is 97.2 Å². The summed E-state index contributed by atoms with van der Waals surface area (Å²) in [6.07, 6.45) is 72.8. The number of ether oxygens (including phenoxy) is 3. The van der Waals surface area contributed by atoms with Gasteiger partial charge in [0.2, 0.25) is 0 Å². The van der Waals surface area contributed by atoms with E-state index < -0.39 is 6.10 Å². The molecular weight excluding hydrogens is 829 g/mol. The molecular formula is C61H102O6.